The summed E-state index contributed by atoms with van der Waals surface area (Å²) in [5, 5.41) is 6.05. The van der Waals surface area contributed by atoms with Gasteiger partial charge in [0.25, 0.3) is 5.76 Å². The Morgan fingerprint density at radius 3 is 2.86 bits per heavy atom. The molecule has 0 aromatic heterocycles. The van der Waals surface area contributed by atoms with E-state index in [9.17, 15) is 13.6 Å². The van der Waals surface area contributed by atoms with Crippen molar-refractivity contribution in [1.29, 1.82) is 0 Å². The molecule has 21 heavy (non-hydrogen) atoms. The molecule has 2 rings (SSSR count). The Kier molecular flexibility index (Phi) is 8.00. The Morgan fingerprint density at radius 2 is 2.19 bits per heavy atom. The van der Waals surface area contributed by atoms with Crippen LogP contribution in [0.15, 0.2) is 29.2 Å². The first kappa shape index (κ1) is 18.2. The van der Waals surface area contributed by atoms with E-state index in [1.165, 1.54) is 0 Å². The first-order valence-electron chi connectivity index (χ1n) is 6.72. The van der Waals surface area contributed by atoms with Crippen molar-refractivity contribution in [3.63, 3.8) is 0 Å². The van der Waals surface area contributed by atoms with E-state index in [2.05, 4.69) is 10.6 Å². The highest BCUT2D eigenvalue weighted by Crippen LogP contribution is 2.31. The molecule has 1 aliphatic heterocycles. The smallest absolute Gasteiger partial charge is 0.288 e. The van der Waals surface area contributed by atoms with Crippen LogP contribution in [-0.4, -0.2) is 24.3 Å². The number of para-hydroxylation sites is 1. The largest absolute Gasteiger partial charge is 0.325 e. The number of carbonyl (C=O) groups excluding carboxylic acids is 1. The van der Waals surface area contributed by atoms with Crippen LogP contribution in [0.5, 0.6) is 0 Å². The average molecular weight is 337 g/mol. The summed E-state index contributed by atoms with van der Waals surface area (Å²) in [6.07, 6.45) is 3.45. The van der Waals surface area contributed by atoms with E-state index >= 15 is 0 Å². The number of thioether (sulfide) groups is 1. The Bertz CT molecular complexity index is 456. The second kappa shape index (κ2) is 9.23. The topological polar surface area (TPSA) is 41.1 Å². The molecule has 1 unspecified atom stereocenters. The predicted octanol–water partition coefficient (Wildman–Crippen LogP) is 3.89. The van der Waals surface area contributed by atoms with Gasteiger partial charge in [0.1, 0.15) is 0 Å². The number of carbonyl (C=O) groups is 1. The standard InChI is InChI=1S/C14H18F2N2OS.ClH/c15-14(16)20-12-6-2-1-5-11(12)18-13(19)8-7-10-4-3-9-17-10;/h1-2,5-6,10,14,17H,3-4,7-9H2,(H,18,19);1H. The Balaban J connectivity index is 0.00000220. The van der Waals surface area contributed by atoms with Crippen molar-refractivity contribution in [1.82, 2.24) is 5.32 Å². The van der Waals surface area contributed by atoms with Gasteiger partial charge in [-0.3, -0.25) is 4.79 Å². The number of hydrogen-bond acceptors (Lipinski definition) is 3. The molecule has 1 amide bonds. The fourth-order valence-electron chi connectivity index (χ4n) is 2.29. The molecule has 1 atom stereocenters. The van der Waals surface area contributed by atoms with Crippen molar-refractivity contribution in [2.24, 2.45) is 0 Å². The summed E-state index contributed by atoms with van der Waals surface area (Å²) in [7, 11) is 0. The van der Waals surface area contributed by atoms with Crippen LogP contribution in [0.4, 0.5) is 14.5 Å². The molecule has 1 fully saturated rings. The number of halogens is 3. The van der Waals surface area contributed by atoms with Crippen LogP contribution in [-0.2, 0) is 4.79 Å². The van der Waals surface area contributed by atoms with Gasteiger partial charge in [-0.2, -0.15) is 8.78 Å². The van der Waals surface area contributed by atoms with Crippen molar-refractivity contribution >= 4 is 35.8 Å². The summed E-state index contributed by atoms with van der Waals surface area (Å²) >= 11 is 0.450. The van der Waals surface area contributed by atoms with E-state index in [4.69, 9.17) is 0 Å². The Hall–Kier alpha value is -0.850. The van der Waals surface area contributed by atoms with Crippen LogP contribution in [0.25, 0.3) is 0 Å². The van der Waals surface area contributed by atoms with E-state index in [0.717, 1.165) is 25.8 Å². The van der Waals surface area contributed by atoms with Gasteiger partial charge in [-0.25, -0.2) is 0 Å². The number of hydrogen-bond donors (Lipinski definition) is 2. The first-order chi connectivity index (χ1) is 9.65. The van der Waals surface area contributed by atoms with Gasteiger partial charge in [0.05, 0.1) is 5.69 Å². The molecule has 1 aromatic rings. The quantitative estimate of drug-likeness (QED) is 0.774. The number of alkyl halides is 2. The summed E-state index contributed by atoms with van der Waals surface area (Å²) in [4.78, 5) is 12.3. The van der Waals surface area contributed by atoms with Gasteiger partial charge >= 0.3 is 0 Å². The molecule has 0 saturated carbocycles. The lowest BCUT2D eigenvalue weighted by Gasteiger charge is -2.12. The highest BCUT2D eigenvalue weighted by atomic mass is 35.5. The van der Waals surface area contributed by atoms with Gasteiger partial charge in [0, 0.05) is 17.4 Å². The highest BCUT2D eigenvalue weighted by Gasteiger charge is 2.16. The summed E-state index contributed by atoms with van der Waals surface area (Å²) in [6, 6.07) is 7.06. The molecule has 1 aliphatic rings. The maximum Gasteiger partial charge on any atom is 0.288 e. The summed E-state index contributed by atoms with van der Waals surface area (Å²) in [5.74, 6) is -2.61. The van der Waals surface area contributed by atoms with Crippen molar-refractivity contribution in [3.8, 4) is 0 Å². The zero-order chi connectivity index (χ0) is 14.4. The molecular formula is C14H19ClF2N2OS. The van der Waals surface area contributed by atoms with Crippen molar-refractivity contribution in [2.75, 3.05) is 11.9 Å². The molecule has 2 N–H and O–H groups in total. The third-order valence-corrected chi connectivity index (χ3v) is 4.05. The Morgan fingerprint density at radius 1 is 1.43 bits per heavy atom. The molecule has 7 heteroatoms. The minimum Gasteiger partial charge on any atom is -0.325 e. The maximum atomic E-state index is 12.4. The second-order valence-electron chi connectivity index (χ2n) is 4.75. The monoisotopic (exact) mass is 336 g/mol. The number of rotatable bonds is 6. The lowest BCUT2D eigenvalue weighted by Crippen LogP contribution is -2.23. The summed E-state index contributed by atoms with van der Waals surface area (Å²) < 4.78 is 24.9. The van der Waals surface area contributed by atoms with Crippen LogP contribution in [0.3, 0.4) is 0 Å². The van der Waals surface area contributed by atoms with E-state index < -0.39 is 5.76 Å². The molecular weight excluding hydrogens is 318 g/mol. The van der Waals surface area contributed by atoms with Crippen molar-refractivity contribution in [2.45, 2.75) is 42.4 Å². The molecule has 0 spiro atoms. The Labute approximate surface area is 133 Å². The first-order valence-corrected chi connectivity index (χ1v) is 7.60. The fourth-order valence-corrected chi connectivity index (χ4v) is 2.88. The number of anilines is 1. The molecule has 0 radical (unpaired) electrons. The molecule has 1 aromatic carbocycles. The number of benzene rings is 1. The van der Waals surface area contributed by atoms with Gasteiger partial charge in [0.15, 0.2) is 0 Å². The molecule has 1 heterocycles. The second-order valence-corrected chi connectivity index (χ2v) is 5.79. The third-order valence-electron chi connectivity index (χ3n) is 3.26. The van der Waals surface area contributed by atoms with Gasteiger partial charge in [0.2, 0.25) is 5.91 Å². The molecule has 0 aliphatic carbocycles. The van der Waals surface area contributed by atoms with Crippen LogP contribution >= 0.6 is 24.2 Å². The fraction of sp³-hybridized carbons (Fsp3) is 0.500. The van der Waals surface area contributed by atoms with Crippen LogP contribution in [0.1, 0.15) is 25.7 Å². The lowest BCUT2D eigenvalue weighted by atomic mass is 10.1. The minimum absolute atomic E-state index is 0. The van der Waals surface area contributed by atoms with E-state index in [1.807, 2.05) is 0 Å². The van der Waals surface area contributed by atoms with Crippen molar-refractivity contribution in [3.05, 3.63) is 24.3 Å². The molecule has 0 bridgehead atoms. The normalized spacial score (nSPS) is 17.6. The minimum atomic E-state index is -2.49. The lowest BCUT2D eigenvalue weighted by molar-refractivity contribution is -0.116. The average Bonchev–Trinajstić information content (AvgIpc) is 2.91. The zero-order valence-corrected chi connectivity index (χ0v) is 13.1. The highest BCUT2D eigenvalue weighted by molar-refractivity contribution is 7.99. The van der Waals surface area contributed by atoms with Crippen LogP contribution in [0.2, 0.25) is 0 Å². The molecule has 1 saturated heterocycles. The summed E-state index contributed by atoms with van der Waals surface area (Å²) in [6.45, 7) is 1.01. The van der Waals surface area contributed by atoms with Gasteiger partial charge in [-0.1, -0.05) is 23.9 Å². The SMILES string of the molecule is Cl.O=C(CCC1CCCN1)Nc1ccccc1SC(F)F. The van der Waals surface area contributed by atoms with E-state index in [-0.39, 0.29) is 18.3 Å². The van der Waals surface area contributed by atoms with Gasteiger partial charge in [-0.15, -0.1) is 12.4 Å². The van der Waals surface area contributed by atoms with Gasteiger partial charge in [-0.05, 0) is 37.9 Å². The number of nitrogens with one attached hydrogen (secondary N) is 2. The summed E-state index contributed by atoms with van der Waals surface area (Å²) in [5.41, 5.74) is 0.460. The maximum absolute atomic E-state index is 12.4. The van der Waals surface area contributed by atoms with Crippen LogP contribution in [0, 0.1) is 0 Å². The third kappa shape index (κ3) is 6.20. The number of amides is 1. The van der Waals surface area contributed by atoms with Crippen molar-refractivity contribution < 1.29 is 13.6 Å². The molecule has 3 nitrogen and oxygen atoms in total. The predicted molar refractivity (Wildman–Crippen MR) is 84.4 cm³/mol. The van der Waals surface area contributed by atoms with Crippen LogP contribution < -0.4 is 10.6 Å². The molecule has 118 valence electrons. The van der Waals surface area contributed by atoms with E-state index in [0.29, 0.717) is 34.8 Å². The van der Waals surface area contributed by atoms with Gasteiger partial charge < -0.3 is 10.6 Å². The zero-order valence-electron chi connectivity index (χ0n) is 11.5. The van der Waals surface area contributed by atoms with E-state index in [1.54, 1.807) is 24.3 Å².